The van der Waals surface area contributed by atoms with Crippen molar-refractivity contribution in [3.8, 4) is 0 Å². The Kier molecular flexibility index (Phi) is 15.3. The second kappa shape index (κ2) is 19.1. The summed E-state index contributed by atoms with van der Waals surface area (Å²) in [6.07, 6.45) is 9.34. The number of rotatable bonds is 22. The third-order valence-corrected chi connectivity index (χ3v) is 7.29. The molecule has 0 aliphatic heterocycles. The molecule has 0 radical (unpaired) electrons. The zero-order chi connectivity index (χ0) is 26.7. The van der Waals surface area contributed by atoms with Crippen LogP contribution in [0.3, 0.4) is 0 Å². The molecule has 38 heavy (non-hydrogen) atoms. The normalized spacial score (nSPS) is 11.6. The minimum Gasteiger partial charge on any atom is -0.330 e. The molecule has 0 amide bonds. The maximum Gasteiger partial charge on any atom is 0.0217 e. The topological polar surface area (TPSA) is 100 Å². The Morgan fingerprint density at radius 2 is 0.684 bits per heavy atom. The van der Waals surface area contributed by atoms with E-state index in [1.54, 1.807) is 0 Å². The molecule has 0 atom stereocenters. The summed E-state index contributed by atoms with van der Waals surface area (Å²) in [7, 11) is 0. The molecular formula is C32H52N6. The summed E-state index contributed by atoms with van der Waals surface area (Å²) < 4.78 is 0. The molecule has 3 aromatic carbocycles. The Morgan fingerprint density at radius 3 is 1.00 bits per heavy atom. The van der Waals surface area contributed by atoms with Crippen LogP contribution in [0.25, 0.3) is 21.5 Å². The van der Waals surface area contributed by atoms with Crippen LogP contribution in [0.4, 0.5) is 0 Å². The maximum atomic E-state index is 5.56. The fraction of sp³-hybridized carbons (Fsp3) is 0.562. The van der Waals surface area contributed by atoms with Crippen molar-refractivity contribution in [2.24, 2.45) is 11.5 Å². The van der Waals surface area contributed by atoms with Gasteiger partial charge >= 0.3 is 0 Å². The van der Waals surface area contributed by atoms with Gasteiger partial charge in [-0.2, -0.15) is 0 Å². The first kappa shape index (κ1) is 30.5. The molecule has 6 nitrogen and oxygen atoms in total. The highest BCUT2D eigenvalue weighted by molar-refractivity contribution is 6.05. The summed E-state index contributed by atoms with van der Waals surface area (Å²) in [6.45, 7) is 9.80. The van der Waals surface area contributed by atoms with E-state index in [9.17, 15) is 0 Å². The number of benzene rings is 3. The van der Waals surface area contributed by atoms with Crippen LogP contribution in [-0.4, -0.2) is 52.4 Å². The lowest BCUT2D eigenvalue weighted by Gasteiger charge is -2.18. The number of nitrogens with two attached hydrogens (primary N) is 2. The third kappa shape index (κ3) is 10.3. The van der Waals surface area contributed by atoms with Gasteiger partial charge < -0.3 is 32.7 Å². The molecule has 3 rings (SSSR count). The van der Waals surface area contributed by atoms with Crippen molar-refractivity contribution in [3.63, 3.8) is 0 Å². The number of unbranched alkanes of at least 4 members (excludes halogenated alkanes) is 4. The monoisotopic (exact) mass is 520 g/mol. The van der Waals surface area contributed by atoms with E-state index in [1.807, 2.05) is 0 Å². The van der Waals surface area contributed by atoms with E-state index in [0.29, 0.717) is 0 Å². The zero-order valence-electron chi connectivity index (χ0n) is 23.5. The van der Waals surface area contributed by atoms with E-state index in [4.69, 9.17) is 11.5 Å². The van der Waals surface area contributed by atoms with Crippen molar-refractivity contribution >= 4 is 21.5 Å². The predicted octanol–water partition coefficient (Wildman–Crippen LogP) is 4.39. The molecule has 0 fully saturated rings. The van der Waals surface area contributed by atoms with Crippen molar-refractivity contribution in [3.05, 3.63) is 59.7 Å². The minimum atomic E-state index is 0.793. The molecule has 0 saturated carbocycles. The molecule has 0 aromatic heterocycles. The Hall–Kier alpha value is -2.06. The van der Waals surface area contributed by atoms with Gasteiger partial charge in [0.15, 0.2) is 0 Å². The van der Waals surface area contributed by atoms with Crippen molar-refractivity contribution in [2.45, 2.75) is 64.5 Å². The van der Waals surface area contributed by atoms with E-state index in [1.165, 1.54) is 71.2 Å². The van der Waals surface area contributed by atoms with Crippen molar-refractivity contribution in [1.82, 2.24) is 21.3 Å². The summed E-state index contributed by atoms with van der Waals surface area (Å²) in [4.78, 5) is 0. The van der Waals surface area contributed by atoms with Crippen molar-refractivity contribution in [2.75, 3.05) is 52.4 Å². The van der Waals surface area contributed by atoms with Gasteiger partial charge in [0.05, 0.1) is 0 Å². The Bertz CT molecular complexity index is 898. The molecule has 0 heterocycles. The molecule has 0 bridgehead atoms. The molecule has 0 aliphatic carbocycles. The van der Waals surface area contributed by atoms with Gasteiger partial charge in [0.2, 0.25) is 0 Å². The van der Waals surface area contributed by atoms with Gasteiger partial charge in [0, 0.05) is 13.1 Å². The van der Waals surface area contributed by atoms with Crippen LogP contribution in [0.1, 0.15) is 62.5 Å². The van der Waals surface area contributed by atoms with Crippen molar-refractivity contribution in [1.29, 1.82) is 0 Å². The van der Waals surface area contributed by atoms with Crippen LogP contribution < -0.4 is 32.7 Å². The van der Waals surface area contributed by atoms with E-state index in [-0.39, 0.29) is 0 Å². The molecule has 0 aliphatic rings. The van der Waals surface area contributed by atoms with Crippen LogP contribution in [0, 0.1) is 0 Å². The first-order valence-electron chi connectivity index (χ1n) is 15.0. The fourth-order valence-corrected chi connectivity index (χ4v) is 5.16. The average Bonchev–Trinajstić information content (AvgIpc) is 2.95. The summed E-state index contributed by atoms with van der Waals surface area (Å²) >= 11 is 0. The lowest BCUT2D eigenvalue weighted by Crippen LogP contribution is -2.21. The number of nitrogens with one attached hydrogen (secondary N) is 4. The summed E-state index contributed by atoms with van der Waals surface area (Å²) in [5.41, 5.74) is 14.0. The Morgan fingerprint density at radius 1 is 0.395 bits per heavy atom. The largest absolute Gasteiger partial charge is 0.330 e. The van der Waals surface area contributed by atoms with E-state index in [0.717, 1.165) is 78.3 Å². The highest BCUT2D eigenvalue weighted by atomic mass is 14.9. The molecule has 210 valence electrons. The second-order valence-corrected chi connectivity index (χ2v) is 10.3. The maximum absolute atomic E-state index is 5.56. The standard InChI is InChI=1S/C32H52N6/c33-17-5-7-19-35-21-9-11-23-37-25-31-27-13-1-2-14-28(27)32(30-16-4-3-15-29(30)31)26-38-24-12-10-22-36-20-8-6-18-34/h1-4,13-16,35-38H,5-12,17-26,33-34H2. The molecule has 0 unspecified atom stereocenters. The number of hydrogen-bond donors (Lipinski definition) is 6. The smallest absolute Gasteiger partial charge is 0.0217 e. The molecule has 3 aromatic rings. The minimum absolute atomic E-state index is 0.793. The Balaban J connectivity index is 1.52. The van der Waals surface area contributed by atoms with Gasteiger partial charge in [-0.05, 0) is 136 Å². The summed E-state index contributed by atoms with van der Waals surface area (Å²) in [5.74, 6) is 0. The van der Waals surface area contributed by atoms with Gasteiger partial charge in [-0.3, -0.25) is 0 Å². The van der Waals surface area contributed by atoms with Crippen LogP contribution in [0.2, 0.25) is 0 Å². The van der Waals surface area contributed by atoms with Gasteiger partial charge in [-0.1, -0.05) is 48.5 Å². The molecular weight excluding hydrogens is 468 g/mol. The molecule has 6 heteroatoms. The lowest BCUT2D eigenvalue weighted by atomic mass is 9.91. The number of fused-ring (bicyclic) bond motifs is 2. The predicted molar refractivity (Wildman–Crippen MR) is 166 cm³/mol. The van der Waals surface area contributed by atoms with Gasteiger partial charge in [-0.15, -0.1) is 0 Å². The van der Waals surface area contributed by atoms with Crippen LogP contribution in [0.5, 0.6) is 0 Å². The molecule has 0 spiro atoms. The zero-order valence-corrected chi connectivity index (χ0v) is 23.5. The Labute approximate surface area is 230 Å². The van der Waals surface area contributed by atoms with Gasteiger partial charge in [0.1, 0.15) is 0 Å². The van der Waals surface area contributed by atoms with Crippen LogP contribution in [-0.2, 0) is 13.1 Å². The van der Waals surface area contributed by atoms with Gasteiger partial charge in [-0.25, -0.2) is 0 Å². The van der Waals surface area contributed by atoms with Crippen LogP contribution in [0.15, 0.2) is 48.5 Å². The first-order chi connectivity index (χ1) is 18.9. The first-order valence-corrected chi connectivity index (χ1v) is 15.0. The van der Waals surface area contributed by atoms with Gasteiger partial charge in [0.25, 0.3) is 0 Å². The second-order valence-electron chi connectivity index (χ2n) is 10.3. The van der Waals surface area contributed by atoms with Crippen molar-refractivity contribution < 1.29 is 0 Å². The highest BCUT2D eigenvalue weighted by Crippen LogP contribution is 2.33. The van der Waals surface area contributed by atoms with Crippen LogP contribution >= 0.6 is 0 Å². The van der Waals surface area contributed by atoms with E-state index < -0.39 is 0 Å². The average molecular weight is 521 g/mol. The molecule has 0 saturated heterocycles. The lowest BCUT2D eigenvalue weighted by molar-refractivity contribution is 0.568. The third-order valence-electron chi connectivity index (χ3n) is 7.29. The highest BCUT2D eigenvalue weighted by Gasteiger charge is 2.13. The van der Waals surface area contributed by atoms with E-state index in [2.05, 4.69) is 69.8 Å². The number of hydrogen-bond acceptors (Lipinski definition) is 6. The summed E-state index contributed by atoms with van der Waals surface area (Å²) in [5, 5.41) is 20.0. The fourth-order valence-electron chi connectivity index (χ4n) is 5.16. The molecule has 8 N–H and O–H groups in total. The summed E-state index contributed by atoms with van der Waals surface area (Å²) in [6, 6.07) is 17.9. The van der Waals surface area contributed by atoms with E-state index >= 15 is 0 Å². The SMILES string of the molecule is NCCCCNCCCCNCc1c2ccccc2c(CNCCCCNCCCCN)c2ccccc12. The quantitative estimate of drug-likeness (QED) is 0.0868.